The predicted molar refractivity (Wildman–Crippen MR) is 131 cm³/mol. The molecule has 3 fully saturated rings. The van der Waals surface area contributed by atoms with Crippen LogP contribution in [0.15, 0.2) is 42.5 Å². The maximum absolute atomic E-state index is 14.1. The normalized spacial score (nSPS) is 19.2. The fourth-order valence-electron chi connectivity index (χ4n) is 5.08. The van der Waals surface area contributed by atoms with E-state index in [0.29, 0.717) is 23.4 Å². The van der Waals surface area contributed by atoms with Crippen molar-refractivity contribution in [3.63, 3.8) is 0 Å². The van der Waals surface area contributed by atoms with Crippen LogP contribution in [-0.4, -0.2) is 60.9 Å². The highest BCUT2D eigenvalue weighted by atomic mass is 19.1. The van der Waals surface area contributed by atoms with Crippen molar-refractivity contribution in [3.8, 4) is 0 Å². The Labute approximate surface area is 200 Å². The first-order valence-electron chi connectivity index (χ1n) is 12.5. The van der Waals surface area contributed by atoms with E-state index in [1.54, 1.807) is 6.07 Å². The van der Waals surface area contributed by atoms with Gasteiger partial charge < -0.3 is 15.1 Å². The van der Waals surface area contributed by atoms with E-state index in [9.17, 15) is 14.0 Å². The standard InChI is InChI=1S/C27H33FN4O2/c28-24-9-2-1-6-21(24)19-30-14-16-31(17-15-30)25-11-10-22(29-26(33)20-7-5-8-20)18-23(25)27(34)32-12-3-4-13-32/h1-2,6,9-11,18,20H,3-5,7-8,12-17,19H2,(H,29,33). The van der Waals surface area contributed by atoms with E-state index in [1.807, 2.05) is 35.2 Å². The molecule has 7 heteroatoms. The van der Waals surface area contributed by atoms with E-state index in [1.165, 1.54) is 6.07 Å². The molecule has 2 heterocycles. The lowest BCUT2D eigenvalue weighted by molar-refractivity contribution is -0.122. The summed E-state index contributed by atoms with van der Waals surface area (Å²) >= 11 is 0. The number of anilines is 2. The van der Waals surface area contributed by atoms with E-state index in [-0.39, 0.29) is 23.5 Å². The van der Waals surface area contributed by atoms with Crippen LogP contribution in [0.3, 0.4) is 0 Å². The van der Waals surface area contributed by atoms with Gasteiger partial charge in [-0.2, -0.15) is 0 Å². The highest BCUT2D eigenvalue weighted by molar-refractivity contribution is 6.02. The van der Waals surface area contributed by atoms with E-state index in [0.717, 1.165) is 77.1 Å². The number of likely N-dealkylation sites (tertiary alicyclic amines) is 1. The van der Waals surface area contributed by atoms with Gasteiger partial charge in [-0.15, -0.1) is 0 Å². The van der Waals surface area contributed by atoms with Crippen molar-refractivity contribution in [2.24, 2.45) is 5.92 Å². The molecule has 2 saturated heterocycles. The van der Waals surface area contributed by atoms with Gasteiger partial charge in [-0.05, 0) is 49.9 Å². The Bertz CT molecular complexity index is 1040. The molecule has 0 unspecified atom stereocenters. The van der Waals surface area contributed by atoms with Gasteiger partial charge in [-0.1, -0.05) is 24.6 Å². The molecule has 2 aromatic rings. The molecule has 6 nitrogen and oxygen atoms in total. The van der Waals surface area contributed by atoms with Gasteiger partial charge in [0, 0.05) is 68.7 Å². The number of amides is 2. The molecule has 0 aromatic heterocycles. The Hall–Kier alpha value is -2.93. The second-order valence-corrected chi connectivity index (χ2v) is 9.70. The summed E-state index contributed by atoms with van der Waals surface area (Å²) in [6.45, 7) is 5.29. The lowest BCUT2D eigenvalue weighted by atomic mass is 9.85. The summed E-state index contributed by atoms with van der Waals surface area (Å²) in [6, 6.07) is 12.7. The van der Waals surface area contributed by atoms with Crippen molar-refractivity contribution < 1.29 is 14.0 Å². The molecule has 0 radical (unpaired) electrons. The third-order valence-corrected chi connectivity index (χ3v) is 7.43. The zero-order valence-corrected chi connectivity index (χ0v) is 19.6. The van der Waals surface area contributed by atoms with Crippen molar-refractivity contribution in [1.82, 2.24) is 9.80 Å². The van der Waals surface area contributed by atoms with Crippen LogP contribution in [0, 0.1) is 11.7 Å². The summed E-state index contributed by atoms with van der Waals surface area (Å²) in [7, 11) is 0. The van der Waals surface area contributed by atoms with Gasteiger partial charge in [0.1, 0.15) is 5.82 Å². The van der Waals surface area contributed by atoms with E-state index >= 15 is 0 Å². The van der Waals surface area contributed by atoms with Gasteiger partial charge in [0.05, 0.1) is 5.56 Å². The number of nitrogens with zero attached hydrogens (tertiary/aromatic N) is 3. The van der Waals surface area contributed by atoms with Crippen molar-refractivity contribution in [2.45, 2.75) is 38.6 Å². The van der Waals surface area contributed by atoms with E-state index in [4.69, 9.17) is 0 Å². The van der Waals surface area contributed by atoms with Gasteiger partial charge in [0.2, 0.25) is 5.91 Å². The second-order valence-electron chi connectivity index (χ2n) is 9.70. The molecule has 0 atom stereocenters. The largest absolute Gasteiger partial charge is 0.368 e. The van der Waals surface area contributed by atoms with Crippen molar-refractivity contribution >= 4 is 23.2 Å². The quantitative estimate of drug-likeness (QED) is 0.699. The summed E-state index contributed by atoms with van der Waals surface area (Å²) in [6.07, 6.45) is 5.07. The van der Waals surface area contributed by atoms with Crippen LogP contribution >= 0.6 is 0 Å². The van der Waals surface area contributed by atoms with Crippen LogP contribution in [0.5, 0.6) is 0 Å². The zero-order valence-electron chi connectivity index (χ0n) is 19.6. The lowest BCUT2D eigenvalue weighted by Crippen LogP contribution is -2.46. The molecule has 1 N–H and O–H groups in total. The first-order chi connectivity index (χ1) is 16.6. The number of hydrogen-bond acceptors (Lipinski definition) is 4. The fraction of sp³-hybridized carbons (Fsp3) is 0.481. The molecule has 2 amide bonds. The van der Waals surface area contributed by atoms with Gasteiger partial charge in [0.25, 0.3) is 5.91 Å². The van der Waals surface area contributed by atoms with Gasteiger partial charge in [0.15, 0.2) is 0 Å². The Morgan fingerprint density at radius 2 is 1.65 bits per heavy atom. The average Bonchev–Trinajstić information content (AvgIpc) is 3.34. The Kier molecular flexibility index (Phi) is 6.81. The third kappa shape index (κ3) is 4.94. The summed E-state index contributed by atoms with van der Waals surface area (Å²) in [5.74, 6) is 0.0317. The number of piperazine rings is 1. The lowest BCUT2D eigenvalue weighted by Gasteiger charge is -2.37. The maximum Gasteiger partial charge on any atom is 0.256 e. The number of hydrogen-bond donors (Lipinski definition) is 1. The SMILES string of the molecule is O=C(Nc1ccc(N2CCN(Cc3ccccc3F)CC2)c(C(=O)N2CCCC2)c1)C1CCC1. The Morgan fingerprint density at radius 3 is 2.32 bits per heavy atom. The molecule has 2 aromatic carbocycles. The Balaban J connectivity index is 1.31. The summed E-state index contributed by atoms with van der Waals surface area (Å²) in [4.78, 5) is 32.3. The predicted octanol–water partition coefficient (Wildman–Crippen LogP) is 4.12. The van der Waals surface area contributed by atoms with Crippen LogP contribution in [-0.2, 0) is 11.3 Å². The summed E-state index contributed by atoms with van der Waals surface area (Å²) in [5, 5.41) is 3.03. The molecule has 1 saturated carbocycles. The first kappa shape index (κ1) is 22.8. The maximum atomic E-state index is 14.1. The number of carbonyl (C=O) groups excluding carboxylic acids is 2. The fourth-order valence-corrected chi connectivity index (χ4v) is 5.08. The molecule has 0 bridgehead atoms. The number of rotatable bonds is 6. The minimum Gasteiger partial charge on any atom is -0.368 e. The molecule has 34 heavy (non-hydrogen) atoms. The average molecular weight is 465 g/mol. The highest BCUT2D eigenvalue weighted by Gasteiger charge is 2.28. The summed E-state index contributed by atoms with van der Waals surface area (Å²) < 4.78 is 14.1. The topological polar surface area (TPSA) is 55.9 Å². The molecular weight excluding hydrogens is 431 g/mol. The van der Waals surface area contributed by atoms with Gasteiger partial charge in [-0.25, -0.2) is 4.39 Å². The molecule has 180 valence electrons. The van der Waals surface area contributed by atoms with Crippen molar-refractivity contribution in [2.75, 3.05) is 49.5 Å². The van der Waals surface area contributed by atoms with Gasteiger partial charge >= 0.3 is 0 Å². The summed E-state index contributed by atoms with van der Waals surface area (Å²) in [5.41, 5.74) is 2.99. The van der Waals surface area contributed by atoms with Crippen LogP contribution in [0.2, 0.25) is 0 Å². The smallest absolute Gasteiger partial charge is 0.256 e. The van der Waals surface area contributed by atoms with Crippen LogP contribution < -0.4 is 10.2 Å². The van der Waals surface area contributed by atoms with Crippen LogP contribution in [0.25, 0.3) is 0 Å². The molecule has 3 aliphatic rings. The number of benzene rings is 2. The Morgan fingerprint density at radius 1 is 0.912 bits per heavy atom. The molecular formula is C27H33FN4O2. The number of halogens is 1. The number of carbonyl (C=O) groups is 2. The number of nitrogens with one attached hydrogen (secondary N) is 1. The minimum atomic E-state index is -0.164. The van der Waals surface area contributed by atoms with Crippen LogP contribution in [0.4, 0.5) is 15.8 Å². The van der Waals surface area contributed by atoms with Gasteiger partial charge in [-0.3, -0.25) is 14.5 Å². The molecule has 0 spiro atoms. The van der Waals surface area contributed by atoms with Crippen LogP contribution in [0.1, 0.15) is 48.0 Å². The van der Waals surface area contributed by atoms with E-state index in [2.05, 4.69) is 15.1 Å². The molecule has 5 rings (SSSR count). The monoisotopic (exact) mass is 464 g/mol. The van der Waals surface area contributed by atoms with Crippen molar-refractivity contribution in [1.29, 1.82) is 0 Å². The highest BCUT2D eigenvalue weighted by Crippen LogP contribution is 2.31. The first-order valence-corrected chi connectivity index (χ1v) is 12.5. The minimum absolute atomic E-state index is 0.0426. The zero-order chi connectivity index (χ0) is 23.5. The third-order valence-electron chi connectivity index (χ3n) is 7.43. The van der Waals surface area contributed by atoms with E-state index < -0.39 is 0 Å². The molecule has 1 aliphatic carbocycles. The molecule has 2 aliphatic heterocycles. The van der Waals surface area contributed by atoms with Crippen molar-refractivity contribution in [3.05, 3.63) is 59.4 Å². The second kappa shape index (κ2) is 10.1.